The Hall–Kier alpha value is -1.55. The molecule has 4 nitrogen and oxygen atoms in total. The van der Waals surface area contributed by atoms with E-state index in [1.54, 1.807) is 0 Å². The lowest BCUT2D eigenvalue weighted by molar-refractivity contribution is -0.124. The van der Waals surface area contributed by atoms with Gasteiger partial charge < -0.3 is 15.2 Å². The third-order valence-electron chi connectivity index (χ3n) is 4.07. The van der Waals surface area contributed by atoms with Gasteiger partial charge in [0.05, 0.1) is 5.60 Å². The van der Waals surface area contributed by atoms with Crippen molar-refractivity contribution in [1.29, 1.82) is 0 Å². The molecule has 0 aromatic heterocycles. The van der Waals surface area contributed by atoms with Crippen LogP contribution in [0.25, 0.3) is 0 Å². The number of rotatable bonds is 6. The highest BCUT2D eigenvalue weighted by atomic mass is 16.5. The number of hydrogen-bond donors (Lipinski definition) is 2. The molecule has 0 heterocycles. The number of benzene rings is 1. The number of nitrogens with one attached hydrogen (secondary N) is 1. The quantitative estimate of drug-likeness (QED) is 0.847. The van der Waals surface area contributed by atoms with E-state index in [0.717, 1.165) is 25.7 Å². The summed E-state index contributed by atoms with van der Waals surface area (Å²) < 4.78 is 5.46. The Labute approximate surface area is 126 Å². The van der Waals surface area contributed by atoms with Crippen molar-refractivity contribution >= 4 is 5.91 Å². The summed E-state index contributed by atoms with van der Waals surface area (Å²) in [6, 6.07) is 7.79. The molecular formula is C17H25NO3. The van der Waals surface area contributed by atoms with Crippen LogP contribution in [0.15, 0.2) is 24.3 Å². The minimum atomic E-state index is -0.714. The summed E-state index contributed by atoms with van der Waals surface area (Å²) in [5.74, 6) is 0.979. The second-order valence-corrected chi connectivity index (χ2v) is 6.22. The standard InChI is InChI=1S/C17H25NO3/c1-13(2)14-5-7-15(8-6-14)21-11-16(19)18-12-17(20)9-3-4-10-17/h5-8,13,20H,3-4,9-12H2,1-2H3,(H,18,19). The summed E-state index contributed by atoms with van der Waals surface area (Å²) in [6.45, 7) is 4.58. The molecule has 1 amide bonds. The van der Waals surface area contributed by atoms with E-state index in [0.29, 0.717) is 18.2 Å². The van der Waals surface area contributed by atoms with E-state index in [1.165, 1.54) is 5.56 Å². The molecule has 2 N–H and O–H groups in total. The smallest absolute Gasteiger partial charge is 0.258 e. The second-order valence-electron chi connectivity index (χ2n) is 6.22. The maximum atomic E-state index is 11.7. The van der Waals surface area contributed by atoms with Gasteiger partial charge in [0.2, 0.25) is 0 Å². The van der Waals surface area contributed by atoms with Crippen LogP contribution in [0.3, 0.4) is 0 Å². The molecule has 0 radical (unpaired) electrons. The van der Waals surface area contributed by atoms with E-state index in [-0.39, 0.29) is 12.5 Å². The Morgan fingerprint density at radius 1 is 1.29 bits per heavy atom. The van der Waals surface area contributed by atoms with Gasteiger partial charge in [0, 0.05) is 6.54 Å². The van der Waals surface area contributed by atoms with Gasteiger partial charge in [-0.2, -0.15) is 0 Å². The first-order valence-corrected chi connectivity index (χ1v) is 7.70. The fraction of sp³-hybridized carbons (Fsp3) is 0.588. The molecule has 116 valence electrons. The van der Waals surface area contributed by atoms with E-state index in [9.17, 15) is 9.90 Å². The number of carbonyl (C=O) groups is 1. The first-order valence-electron chi connectivity index (χ1n) is 7.70. The molecule has 1 aromatic rings. The molecule has 21 heavy (non-hydrogen) atoms. The van der Waals surface area contributed by atoms with Crippen molar-refractivity contribution in [1.82, 2.24) is 5.32 Å². The summed E-state index contributed by atoms with van der Waals surface area (Å²) >= 11 is 0. The van der Waals surface area contributed by atoms with Crippen molar-refractivity contribution in [2.75, 3.05) is 13.2 Å². The maximum Gasteiger partial charge on any atom is 0.258 e. The third kappa shape index (κ3) is 4.74. The Kier molecular flexibility index (Phi) is 5.23. The molecule has 1 fully saturated rings. The second kappa shape index (κ2) is 6.94. The van der Waals surface area contributed by atoms with Gasteiger partial charge in [0.1, 0.15) is 5.75 Å². The molecule has 0 atom stereocenters. The number of amides is 1. The lowest BCUT2D eigenvalue weighted by atomic mass is 10.0. The fourth-order valence-corrected chi connectivity index (χ4v) is 2.62. The molecule has 0 unspecified atom stereocenters. The minimum Gasteiger partial charge on any atom is -0.484 e. The number of ether oxygens (including phenoxy) is 1. The third-order valence-corrected chi connectivity index (χ3v) is 4.07. The highest BCUT2D eigenvalue weighted by Gasteiger charge is 2.31. The van der Waals surface area contributed by atoms with Crippen LogP contribution >= 0.6 is 0 Å². The van der Waals surface area contributed by atoms with E-state index < -0.39 is 5.60 Å². The molecule has 1 aromatic carbocycles. The largest absolute Gasteiger partial charge is 0.484 e. The summed E-state index contributed by atoms with van der Waals surface area (Å²) in [5, 5.41) is 12.9. The van der Waals surface area contributed by atoms with Crippen molar-refractivity contribution in [3.63, 3.8) is 0 Å². The SMILES string of the molecule is CC(C)c1ccc(OCC(=O)NCC2(O)CCCC2)cc1. The van der Waals surface area contributed by atoms with Crippen LogP contribution in [0.4, 0.5) is 0 Å². The topological polar surface area (TPSA) is 58.6 Å². The minimum absolute atomic E-state index is 0.0168. The number of carbonyl (C=O) groups excluding carboxylic acids is 1. The lowest BCUT2D eigenvalue weighted by Crippen LogP contribution is -2.42. The van der Waals surface area contributed by atoms with Crippen molar-refractivity contribution < 1.29 is 14.6 Å². The van der Waals surface area contributed by atoms with Crippen molar-refractivity contribution in [3.8, 4) is 5.75 Å². The fourth-order valence-electron chi connectivity index (χ4n) is 2.62. The summed E-state index contributed by atoms with van der Waals surface area (Å²) in [6.07, 6.45) is 3.60. The van der Waals surface area contributed by atoms with Crippen molar-refractivity contribution in [2.45, 2.75) is 51.0 Å². The van der Waals surface area contributed by atoms with Crippen LogP contribution < -0.4 is 10.1 Å². The molecule has 1 saturated carbocycles. The number of hydrogen-bond acceptors (Lipinski definition) is 3. The average Bonchev–Trinajstić information content (AvgIpc) is 2.91. The first-order chi connectivity index (χ1) is 9.98. The highest BCUT2D eigenvalue weighted by molar-refractivity contribution is 5.77. The molecule has 0 spiro atoms. The van der Waals surface area contributed by atoms with Crippen LogP contribution in [0.1, 0.15) is 51.0 Å². The molecule has 1 aliphatic rings. The Balaban J connectivity index is 1.73. The van der Waals surface area contributed by atoms with Gasteiger partial charge in [0.15, 0.2) is 6.61 Å². The van der Waals surface area contributed by atoms with Gasteiger partial charge >= 0.3 is 0 Å². The van der Waals surface area contributed by atoms with E-state index in [1.807, 2.05) is 24.3 Å². The normalized spacial score (nSPS) is 17.0. The molecule has 2 rings (SSSR count). The van der Waals surface area contributed by atoms with Gasteiger partial charge in [-0.25, -0.2) is 0 Å². The van der Waals surface area contributed by atoms with Crippen LogP contribution in [-0.4, -0.2) is 29.8 Å². The average molecular weight is 291 g/mol. The monoisotopic (exact) mass is 291 g/mol. The predicted octanol–water partition coefficient (Wildman–Crippen LogP) is 2.61. The van der Waals surface area contributed by atoms with Crippen molar-refractivity contribution in [3.05, 3.63) is 29.8 Å². The Bertz CT molecular complexity index is 461. The summed E-state index contributed by atoms with van der Waals surface area (Å²) in [7, 11) is 0. The van der Waals surface area contributed by atoms with E-state index in [4.69, 9.17) is 4.74 Å². The summed E-state index contributed by atoms with van der Waals surface area (Å²) in [4.78, 5) is 11.7. The lowest BCUT2D eigenvalue weighted by Gasteiger charge is -2.22. The van der Waals surface area contributed by atoms with Crippen LogP contribution in [0.5, 0.6) is 5.75 Å². The Morgan fingerprint density at radius 3 is 2.48 bits per heavy atom. The molecule has 1 aliphatic carbocycles. The molecular weight excluding hydrogens is 266 g/mol. The number of aliphatic hydroxyl groups is 1. The zero-order valence-corrected chi connectivity index (χ0v) is 12.9. The zero-order valence-electron chi connectivity index (χ0n) is 12.9. The molecule has 4 heteroatoms. The van der Waals surface area contributed by atoms with Gasteiger partial charge in [0.25, 0.3) is 5.91 Å². The zero-order chi connectivity index (χ0) is 15.3. The Morgan fingerprint density at radius 2 is 1.90 bits per heavy atom. The van der Waals surface area contributed by atoms with Crippen LogP contribution in [-0.2, 0) is 4.79 Å². The first kappa shape index (κ1) is 15.8. The van der Waals surface area contributed by atoms with Crippen LogP contribution in [0, 0.1) is 0 Å². The predicted molar refractivity (Wildman–Crippen MR) is 82.5 cm³/mol. The van der Waals surface area contributed by atoms with Gasteiger partial charge in [-0.15, -0.1) is 0 Å². The molecule has 0 saturated heterocycles. The van der Waals surface area contributed by atoms with E-state index in [2.05, 4.69) is 19.2 Å². The molecule has 0 aliphatic heterocycles. The van der Waals surface area contributed by atoms with Crippen LogP contribution in [0.2, 0.25) is 0 Å². The highest BCUT2D eigenvalue weighted by Crippen LogP contribution is 2.28. The van der Waals surface area contributed by atoms with E-state index >= 15 is 0 Å². The van der Waals surface area contributed by atoms with Gasteiger partial charge in [-0.3, -0.25) is 4.79 Å². The van der Waals surface area contributed by atoms with Crippen molar-refractivity contribution in [2.24, 2.45) is 0 Å². The maximum absolute atomic E-state index is 11.7. The summed E-state index contributed by atoms with van der Waals surface area (Å²) in [5.41, 5.74) is 0.532. The van der Waals surface area contributed by atoms with Gasteiger partial charge in [-0.05, 0) is 36.5 Å². The van der Waals surface area contributed by atoms with Gasteiger partial charge in [-0.1, -0.05) is 38.8 Å². The molecule has 0 bridgehead atoms.